The van der Waals surface area contributed by atoms with Crippen LogP contribution in [0.25, 0.3) is 11.0 Å². The fourth-order valence-corrected chi connectivity index (χ4v) is 2.76. The van der Waals surface area contributed by atoms with Crippen LogP contribution in [0.5, 0.6) is 0 Å². The summed E-state index contributed by atoms with van der Waals surface area (Å²) in [5.74, 6) is 0.382. The van der Waals surface area contributed by atoms with Gasteiger partial charge in [-0.2, -0.15) is 0 Å². The summed E-state index contributed by atoms with van der Waals surface area (Å²) in [4.78, 5) is 4.39. The van der Waals surface area contributed by atoms with E-state index in [2.05, 4.69) is 30.1 Å². The van der Waals surface area contributed by atoms with E-state index in [1.165, 1.54) is 11.6 Å². The minimum Gasteiger partial charge on any atom is -0.322 e. The molecule has 0 radical (unpaired) electrons. The van der Waals surface area contributed by atoms with Crippen molar-refractivity contribution >= 4 is 22.6 Å². The number of aromatic nitrogens is 2. The molecular formula is C17H16ClFN2. The molecule has 108 valence electrons. The van der Waals surface area contributed by atoms with Gasteiger partial charge in [-0.3, -0.25) is 0 Å². The summed E-state index contributed by atoms with van der Waals surface area (Å²) in [6.45, 7) is 4.54. The summed E-state index contributed by atoms with van der Waals surface area (Å²) < 4.78 is 15.9. The van der Waals surface area contributed by atoms with Crippen molar-refractivity contribution in [2.24, 2.45) is 0 Å². The SMILES string of the molecule is Cc1cccc(Cn2c(C(C)Cl)nc3c(F)cccc32)c1. The third-order valence-electron chi connectivity index (χ3n) is 3.54. The average Bonchev–Trinajstić information content (AvgIpc) is 2.80. The molecular weight excluding hydrogens is 287 g/mol. The Labute approximate surface area is 128 Å². The van der Waals surface area contributed by atoms with Gasteiger partial charge in [-0.05, 0) is 31.5 Å². The molecule has 0 amide bonds. The Balaban J connectivity index is 2.16. The molecule has 0 bridgehead atoms. The van der Waals surface area contributed by atoms with Crippen LogP contribution in [-0.2, 0) is 6.54 Å². The first-order chi connectivity index (χ1) is 10.1. The number of aryl methyl sites for hydroxylation is 1. The van der Waals surface area contributed by atoms with Crippen molar-refractivity contribution in [3.8, 4) is 0 Å². The van der Waals surface area contributed by atoms with E-state index < -0.39 is 0 Å². The van der Waals surface area contributed by atoms with E-state index in [1.54, 1.807) is 6.07 Å². The molecule has 4 heteroatoms. The second-order valence-corrected chi connectivity index (χ2v) is 5.92. The van der Waals surface area contributed by atoms with Gasteiger partial charge < -0.3 is 4.57 Å². The maximum Gasteiger partial charge on any atom is 0.151 e. The average molecular weight is 303 g/mol. The molecule has 0 N–H and O–H groups in total. The molecule has 1 atom stereocenters. The fraction of sp³-hybridized carbons (Fsp3) is 0.235. The van der Waals surface area contributed by atoms with E-state index in [-0.39, 0.29) is 11.2 Å². The van der Waals surface area contributed by atoms with Gasteiger partial charge in [0, 0.05) is 6.54 Å². The number of hydrogen-bond acceptors (Lipinski definition) is 1. The molecule has 0 spiro atoms. The normalized spacial score (nSPS) is 12.8. The quantitative estimate of drug-likeness (QED) is 0.634. The molecule has 1 aromatic heterocycles. The molecule has 2 nitrogen and oxygen atoms in total. The minimum absolute atomic E-state index is 0.276. The Bertz CT molecular complexity index is 793. The van der Waals surface area contributed by atoms with Crippen molar-refractivity contribution in [3.05, 3.63) is 65.2 Å². The highest BCUT2D eigenvalue weighted by molar-refractivity contribution is 6.20. The lowest BCUT2D eigenvalue weighted by Gasteiger charge is -2.11. The Morgan fingerprint density at radius 2 is 2.00 bits per heavy atom. The van der Waals surface area contributed by atoms with E-state index in [4.69, 9.17) is 11.6 Å². The van der Waals surface area contributed by atoms with Crippen molar-refractivity contribution < 1.29 is 4.39 Å². The summed E-state index contributed by atoms with van der Waals surface area (Å²) >= 11 is 6.22. The van der Waals surface area contributed by atoms with Crippen molar-refractivity contribution in [3.63, 3.8) is 0 Å². The number of rotatable bonds is 3. The molecule has 2 aromatic carbocycles. The lowest BCUT2D eigenvalue weighted by atomic mass is 10.1. The number of nitrogens with zero attached hydrogens (tertiary/aromatic N) is 2. The number of alkyl halides is 1. The number of fused-ring (bicyclic) bond motifs is 1. The molecule has 1 heterocycles. The number of benzene rings is 2. The van der Waals surface area contributed by atoms with E-state index in [1.807, 2.05) is 23.6 Å². The smallest absolute Gasteiger partial charge is 0.151 e. The maximum atomic E-state index is 13.9. The molecule has 0 saturated heterocycles. The van der Waals surface area contributed by atoms with Crippen molar-refractivity contribution in [2.75, 3.05) is 0 Å². The number of hydrogen-bond donors (Lipinski definition) is 0. The Hall–Kier alpha value is -1.87. The highest BCUT2D eigenvalue weighted by Crippen LogP contribution is 2.27. The van der Waals surface area contributed by atoms with E-state index in [0.717, 1.165) is 11.1 Å². The van der Waals surface area contributed by atoms with Gasteiger partial charge in [0.25, 0.3) is 0 Å². The first-order valence-electron chi connectivity index (χ1n) is 6.90. The molecule has 1 unspecified atom stereocenters. The van der Waals surface area contributed by atoms with Crippen LogP contribution in [0.3, 0.4) is 0 Å². The standard InChI is InChI=1S/C17H16ClFN2/c1-11-5-3-6-13(9-11)10-21-15-8-4-7-14(19)16(15)20-17(21)12(2)18/h3-9,12H,10H2,1-2H3. The van der Waals surface area contributed by atoms with Crippen LogP contribution >= 0.6 is 11.6 Å². The van der Waals surface area contributed by atoms with Gasteiger partial charge in [0.2, 0.25) is 0 Å². The number of halogens is 2. The van der Waals surface area contributed by atoms with E-state index in [9.17, 15) is 4.39 Å². The van der Waals surface area contributed by atoms with Gasteiger partial charge in [0.05, 0.1) is 10.9 Å². The first kappa shape index (κ1) is 14.1. The predicted molar refractivity (Wildman–Crippen MR) is 84.2 cm³/mol. The molecule has 0 aliphatic heterocycles. The van der Waals surface area contributed by atoms with Crippen LogP contribution in [0, 0.1) is 12.7 Å². The highest BCUT2D eigenvalue weighted by atomic mass is 35.5. The van der Waals surface area contributed by atoms with Gasteiger partial charge in [0.1, 0.15) is 11.3 Å². The van der Waals surface area contributed by atoms with Crippen molar-refractivity contribution in [1.29, 1.82) is 0 Å². The maximum absolute atomic E-state index is 13.9. The van der Waals surface area contributed by atoms with Crippen LogP contribution in [0.1, 0.15) is 29.3 Å². The van der Waals surface area contributed by atoms with E-state index in [0.29, 0.717) is 17.9 Å². The van der Waals surface area contributed by atoms with E-state index >= 15 is 0 Å². The molecule has 21 heavy (non-hydrogen) atoms. The monoisotopic (exact) mass is 302 g/mol. The second kappa shape index (κ2) is 5.49. The summed E-state index contributed by atoms with van der Waals surface area (Å²) in [6.07, 6.45) is 0. The summed E-state index contributed by atoms with van der Waals surface area (Å²) in [6, 6.07) is 13.3. The third kappa shape index (κ3) is 2.66. The molecule has 3 aromatic rings. The topological polar surface area (TPSA) is 17.8 Å². The van der Waals surface area contributed by atoms with Crippen LogP contribution < -0.4 is 0 Å². The highest BCUT2D eigenvalue weighted by Gasteiger charge is 2.17. The Morgan fingerprint density at radius 1 is 1.24 bits per heavy atom. The first-order valence-corrected chi connectivity index (χ1v) is 7.34. The Kier molecular flexibility index (Phi) is 3.68. The zero-order valence-corrected chi connectivity index (χ0v) is 12.7. The van der Waals surface area contributed by atoms with Gasteiger partial charge in [-0.15, -0.1) is 11.6 Å². The lowest BCUT2D eigenvalue weighted by Crippen LogP contribution is -2.05. The molecule has 0 aliphatic carbocycles. The van der Waals surface area contributed by atoms with Crippen molar-refractivity contribution in [2.45, 2.75) is 25.8 Å². The van der Waals surface area contributed by atoms with Gasteiger partial charge in [-0.1, -0.05) is 35.9 Å². The van der Waals surface area contributed by atoms with Gasteiger partial charge >= 0.3 is 0 Å². The molecule has 0 fully saturated rings. The fourth-order valence-electron chi connectivity index (χ4n) is 2.59. The largest absolute Gasteiger partial charge is 0.322 e. The molecule has 0 aliphatic rings. The number of para-hydroxylation sites is 1. The zero-order chi connectivity index (χ0) is 15.0. The van der Waals surface area contributed by atoms with Crippen LogP contribution in [0.15, 0.2) is 42.5 Å². The van der Waals surface area contributed by atoms with Crippen LogP contribution in [0.4, 0.5) is 4.39 Å². The minimum atomic E-state index is -0.311. The summed E-state index contributed by atoms with van der Waals surface area (Å²) in [7, 11) is 0. The second-order valence-electron chi connectivity index (χ2n) is 5.27. The summed E-state index contributed by atoms with van der Waals surface area (Å²) in [5, 5.41) is -0.276. The Morgan fingerprint density at radius 3 is 2.71 bits per heavy atom. The van der Waals surface area contributed by atoms with Crippen LogP contribution in [-0.4, -0.2) is 9.55 Å². The predicted octanol–water partition coefficient (Wildman–Crippen LogP) is 4.83. The van der Waals surface area contributed by atoms with Crippen molar-refractivity contribution in [1.82, 2.24) is 9.55 Å². The lowest BCUT2D eigenvalue weighted by molar-refractivity contribution is 0.637. The van der Waals surface area contributed by atoms with Gasteiger partial charge in [-0.25, -0.2) is 9.37 Å². The molecule has 3 rings (SSSR count). The molecule has 0 saturated carbocycles. The summed E-state index contributed by atoms with van der Waals surface area (Å²) in [5.41, 5.74) is 3.51. The van der Waals surface area contributed by atoms with Gasteiger partial charge in [0.15, 0.2) is 5.82 Å². The number of imidazole rings is 1. The third-order valence-corrected chi connectivity index (χ3v) is 3.73. The van der Waals surface area contributed by atoms with Crippen LogP contribution in [0.2, 0.25) is 0 Å². The zero-order valence-electron chi connectivity index (χ0n) is 12.0.